The Morgan fingerprint density at radius 3 is 2.55 bits per heavy atom. The molecule has 11 heavy (non-hydrogen) atoms. The first-order valence-electron chi connectivity index (χ1n) is 2.64. The van der Waals surface area contributed by atoms with Crippen molar-refractivity contribution in [2.75, 3.05) is 0 Å². The van der Waals surface area contributed by atoms with E-state index < -0.39 is 10.0 Å². The molecule has 0 saturated heterocycles. The van der Waals surface area contributed by atoms with Crippen molar-refractivity contribution in [3.05, 3.63) is 23.4 Å². The molecule has 1 aromatic rings. The lowest BCUT2D eigenvalue weighted by Gasteiger charge is -1.95. The molecule has 0 unspecified atom stereocenters. The largest absolute Gasteiger partial charge is 0.255 e. The van der Waals surface area contributed by atoms with Gasteiger partial charge in [-0.2, -0.15) is 0 Å². The topological polar surface area (TPSA) is 73.1 Å². The summed E-state index contributed by atoms with van der Waals surface area (Å²) in [6.07, 6.45) is 1.28. The van der Waals surface area contributed by atoms with Crippen LogP contribution in [0, 0.1) is 0 Å². The summed E-state index contributed by atoms with van der Waals surface area (Å²) < 4.78 is 21.3. The van der Waals surface area contributed by atoms with Crippen LogP contribution in [0.25, 0.3) is 0 Å². The summed E-state index contributed by atoms with van der Waals surface area (Å²) in [5.41, 5.74) is 0. The van der Waals surface area contributed by atoms with Crippen molar-refractivity contribution in [1.29, 1.82) is 0 Å². The van der Waals surface area contributed by atoms with E-state index in [4.69, 9.17) is 16.7 Å². The SMILES string of the molecule is NS(=O)(=O)c1cc(Cl)ccn1. The summed E-state index contributed by atoms with van der Waals surface area (Å²) >= 11 is 5.49. The second-order valence-corrected chi connectivity index (χ2v) is 3.80. The van der Waals surface area contributed by atoms with Gasteiger partial charge in [-0.15, -0.1) is 0 Å². The number of pyridine rings is 1. The lowest BCUT2D eigenvalue weighted by atomic mass is 10.5. The number of halogens is 1. The molecule has 0 amide bonds. The van der Waals surface area contributed by atoms with E-state index >= 15 is 0 Å². The number of hydrogen-bond acceptors (Lipinski definition) is 3. The van der Waals surface area contributed by atoms with Crippen LogP contribution in [0.2, 0.25) is 5.02 Å². The van der Waals surface area contributed by atoms with Gasteiger partial charge in [0.15, 0.2) is 5.03 Å². The maximum absolute atomic E-state index is 10.6. The van der Waals surface area contributed by atoms with Gasteiger partial charge in [-0.25, -0.2) is 18.5 Å². The van der Waals surface area contributed by atoms with Crippen molar-refractivity contribution >= 4 is 21.6 Å². The van der Waals surface area contributed by atoms with E-state index in [0.717, 1.165) is 0 Å². The third-order valence-corrected chi connectivity index (χ3v) is 2.03. The molecule has 0 aliphatic heterocycles. The summed E-state index contributed by atoms with van der Waals surface area (Å²) in [7, 11) is -3.72. The Morgan fingerprint density at radius 1 is 1.55 bits per heavy atom. The Bertz CT molecular complexity index is 363. The maximum atomic E-state index is 10.6. The van der Waals surface area contributed by atoms with E-state index in [1.54, 1.807) is 0 Å². The van der Waals surface area contributed by atoms with E-state index in [1.807, 2.05) is 0 Å². The Hall–Kier alpha value is -0.650. The van der Waals surface area contributed by atoms with Gasteiger partial charge in [0.1, 0.15) is 0 Å². The van der Waals surface area contributed by atoms with Crippen LogP contribution in [0.1, 0.15) is 0 Å². The van der Waals surface area contributed by atoms with Crippen molar-refractivity contribution in [3.8, 4) is 0 Å². The van der Waals surface area contributed by atoms with Gasteiger partial charge >= 0.3 is 0 Å². The van der Waals surface area contributed by atoms with Gasteiger partial charge in [0.2, 0.25) is 0 Å². The number of nitrogens with zero attached hydrogens (tertiary/aromatic N) is 1. The number of aromatic nitrogens is 1. The molecule has 0 fully saturated rings. The Kier molecular flexibility index (Phi) is 2.12. The summed E-state index contributed by atoms with van der Waals surface area (Å²) in [5.74, 6) is 0. The third kappa shape index (κ3) is 2.14. The van der Waals surface area contributed by atoms with E-state index in [2.05, 4.69) is 4.98 Å². The molecule has 0 atom stereocenters. The first kappa shape index (κ1) is 8.45. The molecule has 1 aromatic heterocycles. The highest BCUT2D eigenvalue weighted by Crippen LogP contribution is 2.10. The van der Waals surface area contributed by atoms with Crippen molar-refractivity contribution in [3.63, 3.8) is 0 Å². The first-order valence-corrected chi connectivity index (χ1v) is 4.57. The molecule has 0 aliphatic carbocycles. The monoisotopic (exact) mass is 192 g/mol. The smallest absolute Gasteiger partial charge is 0.243 e. The quantitative estimate of drug-likeness (QED) is 0.699. The van der Waals surface area contributed by atoms with Crippen molar-refractivity contribution in [1.82, 2.24) is 4.98 Å². The van der Waals surface area contributed by atoms with Gasteiger partial charge in [0.05, 0.1) is 0 Å². The van der Waals surface area contributed by atoms with Crippen molar-refractivity contribution in [2.24, 2.45) is 5.14 Å². The molecule has 4 nitrogen and oxygen atoms in total. The molecule has 0 aliphatic rings. The van der Waals surface area contributed by atoms with Crippen molar-refractivity contribution < 1.29 is 8.42 Å². The van der Waals surface area contributed by atoms with Crippen LogP contribution in [-0.2, 0) is 10.0 Å². The van der Waals surface area contributed by atoms with Crippen molar-refractivity contribution in [2.45, 2.75) is 5.03 Å². The minimum Gasteiger partial charge on any atom is -0.243 e. The average molecular weight is 193 g/mol. The number of primary sulfonamides is 1. The molecule has 0 bridgehead atoms. The Morgan fingerprint density at radius 2 is 2.18 bits per heavy atom. The molecule has 6 heteroatoms. The molecular weight excluding hydrogens is 188 g/mol. The predicted octanol–water partition coefficient (Wildman–Crippen LogP) is 0.382. The van der Waals surface area contributed by atoms with Gasteiger partial charge in [-0.05, 0) is 12.1 Å². The van der Waals surface area contributed by atoms with Gasteiger partial charge in [-0.3, -0.25) is 0 Å². The zero-order chi connectivity index (χ0) is 8.48. The average Bonchev–Trinajstić information content (AvgIpc) is 1.86. The van der Waals surface area contributed by atoms with Crippen LogP contribution in [0.3, 0.4) is 0 Å². The van der Waals surface area contributed by atoms with Crippen LogP contribution in [0.5, 0.6) is 0 Å². The van der Waals surface area contributed by atoms with Gasteiger partial charge in [-0.1, -0.05) is 11.6 Å². The molecule has 60 valence electrons. The summed E-state index contributed by atoms with van der Waals surface area (Å²) in [4.78, 5) is 3.51. The molecule has 1 rings (SSSR count). The van der Waals surface area contributed by atoms with Gasteiger partial charge in [0.25, 0.3) is 10.0 Å². The van der Waals surface area contributed by atoms with E-state index in [9.17, 15) is 8.42 Å². The maximum Gasteiger partial charge on any atom is 0.255 e. The minimum atomic E-state index is -3.72. The van der Waals surface area contributed by atoms with E-state index in [-0.39, 0.29) is 5.03 Å². The highest BCUT2D eigenvalue weighted by molar-refractivity contribution is 7.89. The van der Waals surface area contributed by atoms with Gasteiger partial charge in [0, 0.05) is 11.2 Å². The van der Waals surface area contributed by atoms with Crippen LogP contribution in [0.15, 0.2) is 23.4 Å². The lowest BCUT2D eigenvalue weighted by Crippen LogP contribution is -2.13. The zero-order valence-electron chi connectivity index (χ0n) is 5.36. The predicted molar refractivity (Wildman–Crippen MR) is 40.6 cm³/mol. The normalized spacial score (nSPS) is 11.5. The minimum absolute atomic E-state index is 0.218. The number of sulfonamides is 1. The highest BCUT2D eigenvalue weighted by Gasteiger charge is 2.08. The molecule has 0 aromatic carbocycles. The molecule has 0 spiro atoms. The molecular formula is C5H5ClN2O2S. The number of nitrogens with two attached hydrogens (primary N) is 1. The summed E-state index contributed by atoms with van der Waals surface area (Å²) in [6, 6.07) is 2.66. The fraction of sp³-hybridized carbons (Fsp3) is 0. The van der Waals surface area contributed by atoms with Crippen LogP contribution >= 0.6 is 11.6 Å². The van der Waals surface area contributed by atoms with E-state index in [0.29, 0.717) is 5.02 Å². The fourth-order valence-corrected chi connectivity index (χ4v) is 1.26. The summed E-state index contributed by atoms with van der Waals surface area (Å²) in [6.45, 7) is 0. The number of hydrogen-bond donors (Lipinski definition) is 1. The second-order valence-electron chi connectivity index (χ2n) is 1.86. The number of rotatable bonds is 1. The molecule has 2 N–H and O–H groups in total. The van der Waals surface area contributed by atoms with Crippen LogP contribution in [-0.4, -0.2) is 13.4 Å². The van der Waals surface area contributed by atoms with Gasteiger partial charge < -0.3 is 0 Å². The lowest BCUT2D eigenvalue weighted by molar-refractivity contribution is 0.594. The fourth-order valence-electron chi connectivity index (χ4n) is 0.541. The zero-order valence-corrected chi connectivity index (χ0v) is 6.93. The Balaban J connectivity index is 3.28. The Labute approximate surface area is 69.1 Å². The standard InChI is InChI=1S/C5H5ClN2O2S/c6-4-1-2-8-5(3-4)11(7,9)10/h1-3H,(H2,7,9,10). The first-order chi connectivity index (χ1) is 5.00. The second kappa shape index (κ2) is 2.77. The molecule has 0 saturated carbocycles. The summed E-state index contributed by atoms with van der Waals surface area (Å²) in [5, 5.41) is 4.85. The van der Waals surface area contributed by atoms with Crippen LogP contribution < -0.4 is 5.14 Å². The van der Waals surface area contributed by atoms with Crippen LogP contribution in [0.4, 0.5) is 0 Å². The third-order valence-electron chi connectivity index (χ3n) is 0.988. The molecule has 1 heterocycles. The molecule has 0 radical (unpaired) electrons. The van der Waals surface area contributed by atoms with E-state index in [1.165, 1.54) is 18.3 Å². The highest BCUT2D eigenvalue weighted by atomic mass is 35.5.